The molecule has 0 saturated carbocycles. The summed E-state index contributed by atoms with van der Waals surface area (Å²) in [7, 11) is 1.61. The van der Waals surface area contributed by atoms with Gasteiger partial charge in [-0.2, -0.15) is 0 Å². The van der Waals surface area contributed by atoms with Crippen molar-refractivity contribution in [1.82, 2.24) is 4.98 Å². The molecule has 1 aromatic heterocycles. The molecule has 0 atom stereocenters. The second kappa shape index (κ2) is 8.66. The first-order valence-corrected chi connectivity index (χ1v) is 5.46. The zero-order valence-electron chi connectivity index (χ0n) is 9.93. The van der Waals surface area contributed by atoms with Gasteiger partial charge in [-0.1, -0.05) is 6.07 Å². The van der Waals surface area contributed by atoms with E-state index in [2.05, 4.69) is 4.98 Å². The SMILES string of the molecule is COCCOCOc1cccc(CCC=O)n1. The highest BCUT2D eigenvalue weighted by atomic mass is 16.7. The van der Waals surface area contributed by atoms with E-state index in [1.165, 1.54) is 0 Å². The topological polar surface area (TPSA) is 57.7 Å². The summed E-state index contributed by atoms with van der Waals surface area (Å²) < 4.78 is 15.3. The first-order chi connectivity index (χ1) is 8.36. The lowest BCUT2D eigenvalue weighted by molar-refractivity contribution is -0.107. The van der Waals surface area contributed by atoms with E-state index in [0.29, 0.717) is 31.9 Å². The Bertz CT molecular complexity index is 330. The molecule has 17 heavy (non-hydrogen) atoms. The quantitative estimate of drug-likeness (QED) is 0.368. The number of hydrogen-bond donors (Lipinski definition) is 0. The third-order valence-corrected chi connectivity index (χ3v) is 2.02. The van der Waals surface area contributed by atoms with Crippen molar-refractivity contribution in [3.05, 3.63) is 23.9 Å². The van der Waals surface area contributed by atoms with Gasteiger partial charge in [0.15, 0.2) is 6.79 Å². The van der Waals surface area contributed by atoms with Crippen LogP contribution in [0, 0.1) is 0 Å². The molecule has 0 aliphatic rings. The van der Waals surface area contributed by atoms with E-state index in [1.807, 2.05) is 12.1 Å². The van der Waals surface area contributed by atoms with Crippen molar-refractivity contribution >= 4 is 6.29 Å². The van der Waals surface area contributed by atoms with Gasteiger partial charge in [0.25, 0.3) is 0 Å². The molecule has 94 valence electrons. The van der Waals surface area contributed by atoms with Crippen LogP contribution < -0.4 is 4.74 Å². The van der Waals surface area contributed by atoms with E-state index in [0.717, 1.165) is 12.0 Å². The van der Waals surface area contributed by atoms with Gasteiger partial charge >= 0.3 is 0 Å². The van der Waals surface area contributed by atoms with Crippen LogP contribution in [0.15, 0.2) is 18.2 Å². The van der Waals surface area contributed by atoms with E-state index >= 15 is 0 Å². The third-order valence-electron chi connectivity index (χ3n) is 2.02. The number of aryl methyl sites for hydroxylation is 1. The smallest absolute Gasteiger partial charge is 0.215 e. The zero-order valence-corrected chi connectivity index (χ0v) is 9.93. The number of methoxy groups -OCH3 is 1. The van der Waals surface area contributed by atoms with Gasteiger partial charge in [0.2, 0.25) is 5.88 Å². The van der Waals surface area contributed by atoms with Gasteiger partial charge in [-0.15, -0.1) is 0 Å². The Hall–Kier alpha value is -1.46. The number of carbonyl (C=O) groups excluding carboxylic acids is 1. The van der Waals surface area contributed by atoms with E-state index < -0.39 is 0 Å². The number of rotatable bonds is 9. The zero-order chi connectivity index (χ0) is 12.3. The van der Waals surface area contributed by atoms with Crippen LogP contribution in [0.4, 0.5) is 0 Å². The minimum absolute atomic E-state index is 0.146. The monoisotopic (exact) mass is 239 g/mol. The van der Waals surface area contributed by atoms with Crippen molar-refractivity contribution in [3.63, 3.8) is 0 Å². The highest BCUT2D eigenvalue weighted by molar-refractivity contribution is 5.49. The minimum Gasteiger partial charge on any atom is -0.451 e. The van der Waals surface area contributed by atoms with Crippen LogP contribution in [-0.2, 0) is 20.7 Å². The summed E-state index contributed by atoms with van der Waals surface area (Å²) >= 11 is 0. The van der Waals surface area contributed by atoms with Crippen LogP contribution in [0.5, 0.6) is 5.88 Å². The van der Waals surface area contributed by atoms with E-state index in [-0.39, 0.29) is 6.79 Å². The Morgan fingerprint density at radius 3 is 3.00 bits per heavy atom. The lowest BCUT2D eigenvalue weighted by atomic mass is 10.2. The number of carbonyl (C=O) groups is 1. The summed E-state index contributed by atoms with van der Waals surface area (Å²) in [5.74, 6) is 0.505. The molecular weight excluding hydrogens is 222 g/mol. The maximum atomic E-state index is 10.2. The first-order valence-electron chi connectivity index (χ1n) is 5.46. The van der Waals surface area contributed by atoms with Gasteiger partial charge in [0.1, 0.15) is 6.29 Å². The fraction of sp³-hybridized carbons (Fsp3) is 0.500. The van der Waals surface area contributed by atoms with E-state index in [9.17, 15) is 4.79 Å². The summed E-state index contributed by atoms with van der Waals surface area (Å²) in [5, 5.41) is 0. The molecule has 1 rings (SSSR count). The Morgan fingerprint density at radius 2 is 2.24 bits per heavy atom. The van der Waals surface area contributed by atoms with Crippen molar-refractivity contribution in [1.29, 1.82) is 0 Å². The number of hydrogen-bond acceptors (Lipinski definition) is 5. The molecule has 1 aromatic rings. The summed E-state index contributed by atoms with van der Waals surface area (Å²) in [6.07, 6.45) is 1.98. The molecule has 0 saturated heterocycles. The second-order valence-corrected chi connectivity index (χ2v) is 3.34. The van der Waals surface area contributed by atoms with Crippen LogP contribution in [0.3, 0.4) is 0 Å². The second-order valence-electron chi connectivity index (χ2n) is 3.34. The Morgan fingerprint density at radius 1 is 1.35 bits per heavy atom. The fourth-order valence-electron chi connectivity index (χ4n) is 1.19. The predicted molar refractivity (Wildman–Crippen MR) is 61.9 cm³/mol. The van der Waals surface area contributed by atoms with Crippen LogP contribution in [0.2, 0.25) is 0 Å². The van der Waals surface area contributed by atoms with Crippen molar-refractivity contribution in [3.8, 4) is 5.88 Å². The van der Waals surface area contributed by atoms with Crippen molar-refractivity contribution < 1.29 is 19.0 Å². The van der Waals surface area contributed by atoms with E-state index in [1.54, 1.807) is 13.2 Å². The Balaban J connectivity index is 2.29. The summed E-state index contributed by atoms with van der Waals surface area (Å²) in [6, 6.07) is 5.46. The lowest BCUT2D eigenvalue weighted by Gasteiger charge is -2.07. The molecule has 0 amide bonds. The maximum absolute atomic E-state index is 10.2. The van der Waals surface area contributed by atoms with Crippen molar-refractivity contribution in [2.24, 2.45) is 0 Å². The van der Waals surface area contributed by atoms with Gasteiger partial charge in [0, 0.05) is 25.3 Å². The molecule has 0 N–H and O–H groups in total. The molecule has 0 radical (unpaired) electrons. The molecule has 0 aliphatic carbocycles. The predicted octanol–water partition coefficient (Wildman–Crippen LogP) is 1.21. The highest BCUT2D eigenvalue weighted by Gasteiger charge is 1.98. The maximum Gasteiger partial charge on any atom is 0.215 e. The number of aromatic nitrogens is 1. The number of nitrogens with zero attached hydrogens (tertiary/aromatic N) is 1. The van der Waals surface area contributed by atoms with Gasteiger partial charge in [-0.25, -0.2) is 4.98 Å². The van der Waals surface area contributed by atoms with Gasteiger partial charge < -0.3 is 19.0 Å². The van der Waals surface area contributed by atoms with Crippen LogP contribution in [0.1, 0.15) is 12.1 Å². The van der Waals surface area contributed by atoms with E-state index in [4.69, 9.17) is 14.2 Å². The molecular formula is C12H17NO4. The lowest BCUT2D eigenvalue weighted by Crippen LogP contribution is -2.08. The number of pyridine rings is 1. The van der Waals surface area contributed by atoms with Gasteiger partial charge in [0.05, 0.1) is 13.2 Å². The summed E-state index contributed by atoms with van der Waals surface area (Å²) in [6.45, 7) is 1.17. The standard InChI is InChI=1S/C12H17NO4/c1-15-8-9-16-10-17-12-6-2-4-11(13-12)5-3-7-14/h2,4,6-7H,3,5,8-10H2,1H3. The van der Waals surface area contributed by atoms with Crippen LogP contribution in [-0.4, -0.2) is 38.4 Å². The van der Waals surface area contributed by atoms with Gasteiger partial charge in [-0.05, 0) is 12.5 Å². The first kappa shape index (κ1) is 13.6. The highest BCUT2D eigenvalue weighted by Crippen LogP contribution is 2.08. The minimum atomic E-state index is 0.146. The van der Waals surface area contributed by atoms with Crippen molar-refractivity contribution in [2.75, 3.05) is 27.1 Å². The van der Waals surface area contributed by atoms with Crippen molar-refractivity contribution in [2.45, 2.75) is 12.8 Å². The molecule has 0 fully saturated rings. The molecule has 5 nitrogen and oxygen atoms in total. The van der Waals surface area contributed by atoms with Crippen LogP contribution in [0.25, 0.3) is 0 Å². The third kappa shape index (κ3) is 5.99. The molecule has 0 spiro atoms. The van der Waals surface area contributed by atoms with Crippen LogP contribution >= 0.6 is 0 Å². The average molecular weight is 239 g/mol. The summed E-state index contributed by atoms with van der Waals surface area (Å²) in [4.78, 5) is 14.5. The number of ether oxygens (including phenoxy) is 3. The Kier molecular flexibility index (Phi) is 6.93. The normalized spacial score (nSPS) is 10.2. The molecule has 0 aliphatic heterocycles. The number of aldehydes is 1. The average Bonchev–Trinajstić information content (AvgIpc) is 2.37. The fourth-order valence-corrected chi connectivity index (χ4v) is 1.19. The summed E-state index contributed by atoms with van der Waals surface area (Å²) in [5.41, 5.74) is 0.839. The molecule has 5 heteroatoms. The molecule has 0 bridgehead atoms. The molecule has 0 aromatic carbocycles. The molecule has 0 unspecified atom stereocenters. The largest absolute Gasteiger partial charge is 0.451 e. The molecule has 1 heterocycles. The van der Waals surface area contributed by atoms with Gasteiger partial charge in [-0.3, -0.25) is 0 Å². The Labute approximate surface area is 101 Å².